The third-order valence-electron chi connectivity index (χ3n) is 4.03. The third-order valence-corrected chi connectivity index (χ3v) is 4.84. The molecule has 0 spiro atoms. The number of halogens is 2. The van der Waals surface area contributed by atoms with Crippen molar-refractivity contribution in [2.45, 2.75) is 0 Å². The van der Waals surface area contributed by atoms with Crippen LogP contribution in [-0.4, -0.2) is 48.3 Å². The zero-order valence-corrected chi connectivity index (χ0v) is 14.3. The fourth-order valence-electron chi connectivity index (χ4n) is 2.93. The van der Waals surface area contributed by atoms with Gasteiger partial charge in [-0.15, -0.1) is 0 Å². The lowest BCUT2D eigenvalue weighted by Gasteiger charge is -2.21. The standard InChI is InChI=1S/C12H14Cl2N2.C4H4O4/c13-10-2-1-3-11(12(10)14)16-6-8-4-15-5-9(8)7-16;5-3(6)1-2-4(7)8/h1-3,8-9,15H,4-7H2;1-2H,(H,5,6)(H,7,8)/b;2-1-. The topological polar surface area (TPSA) is 89.9 Å². The summed E-state index contributed by atoms with van der Waals surface area (Å²) in [6.07, 6.45) is 1.12. The predicted octanol–water partition coefficient (Wildman–Crippen LogP) is 2.36. The molecule has 1 aromatic carbocycles. The van der Waals surface area contributed by atoms with Crippen molar-refractivity contribution >= 4 is 40.8 Å². The summed E-state index contributed by atoms with van der Waals surface area (Å²) in [7, 11) is 0. The van der Waals surface area contributed by atoms with Crippen LogP contribution in [0.4, 0.5) is 5.69 Å². The summed E-state index contributed by atoms with van der Waals surface area (Å²) < 4.78 is 0. The number of carboxylic acids is 2. The lowest BCUT2D eigenvalue weighted by atomic mass is 10.0. The summed E-state index contributed by atoms with van der Waals surface area (Å²) >= 11 is 12.3. The number of hydrogen-bond acceptors (Lipinski definition) is 4. The SMILES string of the molecule is Clc1cccc(N2CC3CNCC3C2)c1Cl.O=C(O)/C=C\C(=O)O. The normalized spacial score (nSPS) is 22.2. The van der Waals surface area contributed by atoms with Crippen LogP contribution in [0, 0.1) is 11.8 Å². The Morgan fingerprint density at radius 1 is 1.08 bits per heavy atom. The average Bonchev–Trinajstić information content (AvgIpc) is 3.10. The zero-order chi connectivity index (χ0) is 17.7. The maximum absolute atomic E-state index is 9.55. The first kappa shape index (κ1) is 18.6. The Balaban J connectivity index is 0.000000224. The van der Waals surface area contributed by atoms with E-state index < -0.39 is 11.9 Å². The molecule has 0 amide bonds. The van der Waals surface area contributed by atoms with Crippen LogP contribution in [-0.2, 0) is 9.59 Å². The van der Waals surface area contributed by atoms with Crippen LogP contribution in [0.5, 0.6) is 0 Å². The molecular formula is C16H18Cl2N2O4. The van der Waals surface area contributed by atoms with Gasteiger partial charge in [0.05, 0.1) is 15.7 Å². The van der Waals surface area contributed by atoms with Crippen LogP contribution in [0.2, 0.25) is 10.0 Å². The summed E-state index contributed by atoms with van der Waals surface area (Å²) in [4.78, 5) is 21.5. The summed E-state index contributed by atoms with van der Waals surface area (Å²) in [5, 5.41) is 20.4. The first-order chi connectivity index (χ1) is 11.4. The number of nitrogens with one attached hydrogen (secondary N) is 1. The van der Waals surface area contributed by atoms with Gasteiger partial charge in [0.15, 0.2) is 0 Å². The molecule has 24 heavy (non-hydrogen) atoms. The largest absolute Gasteiger partial charge is 0.478 e. The van der Waals surface area contributed by atoms with Gasteiger partial charge in [0.2, 0.25) is 0 Å². The number of benzene rings is 1. The van der Waals surface area contributed by atoms with E-state index in [1.807, 2.05) is 12.1 Å². The molecule has 8 heteroatoms. The van der Waals surface area contributed by atoms with E-state index >= 15 is 0 Å². The van der Waals surface area contributed by atoms with Gasteiger partial charge in [-0.05, 0) is 24.0 Å². The minimum Gasteiger partial charge on any atom is -0.478 e. The van der Waals surface area contributed by atoms with Crippen molar-refractivity contribution in [2.75, 3.05) is 31.1 Å². The second-order valence-electron chi connectivity index (χ2n) is 5.67. The quantitative estimate of drug-likeness (QED) is 0.705. The van der Waals surface area contributed by atoms with Gasteiger partial charge in [0, 0.05) is 38.3 Å². The molecule has 0 aliphatic carbocycles. The third kappa shape index (κ3) is 4.87. The van der Waals surface area contributed by atoms with Crippen molar-refractivity contribution in [3.63, 3.8) is 0 Å². The van der Waals surface area contributed by atoms with Crippen LogP contribution in [0.1, 0.15) is 0 Å². The highest BCUT2D eigenvalue weighted by atomic mass is 35.5. The minimum atomic E-state index is -1.26. The van der Waals surface area contributed by atoms with E-state index in [0.717, 1.165) is 43.7 Å². The highest BCUT2D eigenvalue weighted by molar-refractivity contribution is 6.43. The number of hydrogen-bond donors (Lipinski definition) is 3. The molecule has 0 aromatic heterocycles. The summed E-state index contributed by atoms with van der Waals surface area (Å²) in [5.74, 6) is -0.968. The van der Waals surface area contributed by atoms with Gasteiger partial charge >= 0.3 is 11.9 Å². The molecule has 2 saturated heterocycles. The Bertz CT molecular complexity index is 623. The highest BCUT2D eigenvalue weighted by Gasteiger charge is 2.36. The first-order valence-corrected chi connectivity index (χ1v) is 8.17. The highest BCUT2D eigenvalue weighted by Crippen LogP contribution is 2.37. The van der Waals surface area contributed by atoms with Crippen LogP contribution in [0.25, 0.3) is 0 Å². The number of carboxylic acid groups (broad SMARTS) is 2. The Kier molecular flexibility index (Phi) is 6.48. The molecule has 0 radical (unpaired) electrons. The van der Waals surface area contributed by atoms with E-state index in [2.05, 4.69) is 16.3 Å². The lowest BCUT2D eigenvalue weighted by molar-refractivity contribution is -0.134. The molecule has 0 saturated carbocycles. The Morgan fingerprint density at radius 3 is 2.12 bits per heavy atom. The monoisotopic (exact) mass is 372 g/mol. The number of anilines is 1. The second-order valence-corrected chi connectivity index (χ2v) is 6.45. The molecule has 0 bridgehead atoms. The van der Waals surface area contributed by atoms with Gasteiger partial charge in [0.1, 0.15) is 0 Å². The van der Waals surface area contributed by atoms with Crippen molar-refractivity contribution in [1.29, 1.82) is 0 Å². The molecule has 2 aliphatic heterocycles. The van der Waals surface area contributed by atoms with Crippen molar-refractivity contribution in [1.82, 2.24) is 5.32 Å². The van der Waals surface area contributed by atoms with Crippen LogP contribution >= 0.6 is 23.2 Å². The molecule has 2 aliphatic rings. The van der Waals surface area contributed by atoms with Gasteiger partial charge in [-0.25, -0.2) is 9.59 Å². The van der Waals surface area contributed by atoms with Gasteiger partial charge < -0.3 is 20.4 Å². The van der Waals surface area contributed by atoms with Crippen LogP contribution < -0.4 is 10.2 Å². The molecule has 2 fully saturated rings. The molecule has 130 valence electrons. The van der Waals surface area contributed by atoms with Gasteiger partial charge in [-0.3, -0.25) is 0 Å². The number of aliphatic carboxylic acids is 2. The zero-order valence-electron chi connectivity index (χ0n) is 12.8. The minimum absolute atomic E-state index is 0.558. The number of nitrogens with zero attached hydrogens (tertiary/aromatic N) is 1. The molecule has 2 unspecified atom stereocenters. The van der Waals surface area contributed by atoms with E-state index in [0.29, 0.717) is 22.2 Å². The number of carbonyl (C=O) groups is 2. The molecule has 3 N–H and O–H groups in total. The van der Waals surface area contributed by atoms with E-state index in [9.17, 15) is 9.59 Å². The van der Waals surface area contributed by atoms with Crippen LogP contribution in [0.3, 0.4) is 0 Å². The maximum atomic E-state index is 9.55. The predicted molar refractivity (Wildman–Crippen MR) is 92.9 cm³/mol. The lowest BCUT2D eigenvalue weighted by Crippen LogP contribution is -2.25. The second kappa shape index (κ2) is 8.37. The molecule has 2 atom stereocenters. The van der Waals surface area contributed by atoms with E-state index in [1.165, 1.54) is 0 Å². The smallest absolute Gasteiger partial charge is 0.328 e. The van der Waals surface area contributed by atoms with Crippen LogP contribution in [0.15, 0.2) is 30.4 Å². The molecule has 1 aromatic rings. The number of fused-ring (bicyclic) bond motifs is 1. The summed E-state index contributed by atoms with van der Waals surface area (Å²) in [6.45, 7) is 4.47. The van der Waals surface area contributed by atoms with Crippen molar-refractivity contribution in [3.8, 4) is 0 Å². The fraction of sp³-hybridized carbons (Fsp3) is 0.375. The summed E-state index contributed by atoms with van der Waals surface area (Å²) in [5.41, 5.74) is 1.09. The van der Waals surface area contributed by atoms with Gasteiger partial charge in [0.25, 0.3) is 0 Å². The van der Waals surface area contributed by atoms with Crippen molar-refractivity contribution < 1.29 is 19.8 Å². The molecule has 2 heterocycles. The Hall–Kier alpha value is -1.76. The van der Waals surface area contributed by atoms with E-state index in [-0.39, 0.29) is 0 Å². The first-order valence-electron chi connectivity index (χ1n) is 7.42. The molecule has 6 nitrogen and oxygen atoms in total. The molecular weight excluding hydrogens is 355 g/mol. The van der Waals surface area contributed by atoms with Crippen molar-refractivity contribution in [3.05, 3.63) is 40.4 Å². The van der Waals surface area contributed by atoms with Crippen molar-refractivity contribution in [2.24, 2.45) is 11.8 Å². The Morgan fingerprint density at radius 2 is 1.62 bits per heavy atom. The fourth-order valence-corrected chi connectivity index (χ4v) is 3.35. The van der Waals surface area contributed by atoms with E-state index in [1.54, 1.807) is 0 Å². The van der Waals surface area contributed by atoms with E-state index in [4.69, 9.17) is 33.4 Å². The average molecular weight is 373 g/mol. The number of rotatable bonds is 3. The summed E-state index contributed by atoms with van der Waals surface area (Å²) in [6, 6.07) is 5.87. The maximum Gasteiger partial charge on any atom is 0.328 e. The van der Waals surface area contributed by atoms with Gasteiger partial charge in [-0.2, -0.15) is 0 Å². The Labute approximate surface area is 149 Å². The van der Waals surface area contributed by atoms with Gasteiger partial charge in [-0.1, -0.05) is 29.3 Å². The molecule has 3 rings (SSSR count).